The Morgan fingerprint density at radius 3 is 2.73 bits per heavy atom. The lowest BCUT2D eigenvalue weighted by Crippen LogP contribution is -2.24. The molecule has 0 aromatic rings. The van der Waals surface area contributed by atoms with Gasteiger partial charge in [0, 0.05) is 6.61 Å². The van der Waals surface area contributed by atoms with E-state index in [-0.39, 0.29) is 18.4 Å². The van der Waals surface area contributed by atoms with E-state index in [1.807, 2.05) is 0 Å². The number of rotatable bonds is 2. The minimum Gasteiger partial charge on any atom is -0.481 e. The van der Waals surface area contributed by atoms with Crippen LogP contribution in [0.4, 0.5) is 0 Å². The highest BCUT2D eigenvalue weighted by atomic mass is 16.4. The first-order valence-corrected chi connectivity index (χ1v) is 4.07. The molecule has 0 bridgehead atoms. The van der Waals surface area contributed by atoms with Crippen LogP contribution < -0.4 is 0 Å². The van der Waals surface area contributed by atoms with E-state index in [4.69, 9.17) is 10.2 Å². The number of aliphatic hydroxyl groups excluding tert-OH is 1. The number of carbonyl (C=O) groups is 1. The SMILES string of the molecule is O=C(O)[C@H]1CCCC(CO)C1. The van der Waals surface area contributed by atoms with Gasteiger partial charge in [0.05, 0.1) is 5.92 Å². The highest BCUT2D eigenvalue weighted by Gasteiger charge is 2.25. The van der Waals surface area contributed by atoms with Gasteiger partial charge in [0.2, 0.25) is 0 Å². The third kappa shape index (κ3) is 2.19. The van der Waals surface area contributed by atoms with Gasteiger partial charge in [0.15, 0.2) is 0 Å². The molecule has 0 aliphatic heterocycles. The van der Waals surface area contributed by atoms with E-state index in [1.54, 1.807) is 0 Å². The van der Waals surface area contributed by atoms with Gasteiger partial charge >= 0.3 is 5.97 Å². The topological polar surface area (TPSA) is 57.5 Å². The van der Waals surface area contributed by atoms with E-state index in [0.29, 0.717) is 6.42 Å². The molecule has 1 fully saturated rings. The lowest BCUT2D eigenvalue weighted by molar-refractivity contribution is -0.143. The van der Waals surface area contributed by atoms with Crippen molar-refractivity contribution in [2.24, 2.45) is 11.8 Å². The number of carboxylic acids is 1. The van der Waals surface area contributed by atoms with Gasteiger partial charge in [-0.2, -0.15) is 0 Å². The monoisotopic (exact) mass is 158 g/mol. The molecule has 2 atom stereocenters. The molecule has 2 N–H and O–H groups in total. The second-order valence-corrected chi connectivity index (χ2v) is 3.25. The Hall–Kier alpha value is -0.570. The molecule has 64 valence electrons. The molecule has 3 heteroatoms. The Morgan fingerprint density at radius 1 is 1.45 bits per heavy atom. The minimum atomic E-state index is -0.705. The Morgan fingerprint density at radius 2 is 2.18 bits per heavy atom. The van der Waals surface area contributed by atoms with E-state index in [1.165, 1.54) is 0 Å². The van der Waals surface area contributed by atoms with Crippen molar-refractivity contribution < 1.29 is 15.0 Å². The van der Waals surface area contributed by atoms with Crippen LogP contribution in [0.3, 0.4) is 0 Å². The van der Waals surface area contributed by atoms with Crippen LogP contribution in [-0.4, -0.2) is 22.8 Å². The summed E-state index contributed by atoms with van der Waals surface area (Å²) in [5.41, 5.74) is 0. The molecule has 0 heterocycles. The molecule has 3 nitrogen and oxygen atoms in total. The van der Waals surface area contributed by atoms with Gasteiger partial charge in [-0.25, -0.2) is 0 Å². The zero-order valence-corrected chi connectivity index (χ0v) is 6.49. The van der Waals surface area contributed by atoms with Gasteiger partial charge in [-0.15, -0.1) is 0 Å². The highest BCUT2D eigenvalue weighted by Crippen LogP contribution is 2.28. The van der Waals surface area contributed by atoms with Crippen molar-refractivity contribution in [3.63, 3.8) is 0 Å². The quantitative estimate of drug-likeness (QED) is 0.627. The Balaban J connectivity index is 2.39. The summed E-state index contributed by atoms with van der Waals surface area (Å²) in [4.78, 5) is 10.5. The van der Waals surface area contributed by atoms with Gasteiger partial charge in [-0.05, 0) is 25.2 Å². The molecule has 0 aromatic carbocycles. The number of aliphatic carboxylic acids is 1. The zero-order chi connectivity index (χ0) is 8.27. The predicted octanol–water partition coefficient (Wildman–Crippen LogP) is 0.870. The first-order valence-electron chi connectivity index (χ1n) is 4.07. The summed E-state index contributed by atoms with van der Waals surface area (Å²) in [6.45, 7) is 0.143. The maximum Gasteiger partial charge on any atom is 0.306 e. The molecule has 1 rings (SSSR count). The second-order valence-electron chi connectivity index (χ2n) is 3.25. The maximum absolute atomic E-state index is 10.5. The Labute approximate surface area is 66.0 Å². The number of hydrogen-bond donors (Lipinski definition) is 2. The summed E-state index contributed by atoms with van der Waals surface area (Å²) in [5.74, 6) is -0.686. The molecule has 0 aromatic heterocycles. The average Bonchev–Trinajstić information content (AvgIpc) is 2.05. The summed E-state index contributed by atoms with van der Waals surface area (Å²) < 4.78 is 0. The van der Waals surface area contributed by atoms with Crippen molar-refractivity contribution >= 4 is 5.97 Å². The van der Waals surface area contributed by atoms with Crippen LogP contribution in [0.1, 0.15) is 25.7 Å². The maximum atomic E-state index is 10.5. The third-order valence-electron chi connectivity index (χ3n) is 2.39. The van der Waals surface area contributed by atoms with Gasteiger partial charge in [0.1, 0.15) is 0 Å². The molecule has 11 heavy (non-hydrogen) atoms. The van der Waals surface area contributed by atoms with Crippen LogP contribution in [-0.2, 0) is 4.79 Å². The third-order valence-corrected chi connectivity index (χ3v) is 2.39. The van der Waals surface area contributed by atoms with Crippen LogP contribution in [0.25, 0.3) is 0 Å². The zero-order valence-electron chi connectivity index (χ0n) is 6.49. The molecule has 0 spiro atoms. The van der Waals surface area contributed by atoms with Crippen molar-refractivity contribution in [2.75, 3.05) is 6.61 Å². The number of aliphatic hydroxyl groups is 1. The molecular weight excluding hydrogens is 144 g/mol. The van der Waals surface area contributed by atoms with Crippen LogP contribution in [0.15, 0.2) is 0 Å². The summed E-state index contributed by atoms with van der Waals surface area (Å²) >= 11 is 0. The molecule has 0 saturated heterocycles. The van der Waals surface area contributed by atoms with Crippen molar-refractivity contribution in [1.29, 1.82) is 0 Å². The number of hydrogen-bond acceptors (Lipinski definition) is 2. The largest absolute Gasteiger partial charge is 0.481 e. The summed E-state index contributed by atoms with van der Waals surface area (Å²) in [5, 5.41) is 17.5. The average molecular weight is 158 g/mol. The molecule has 1 saturated carbocycles. The van der Waals surface area contributed by atoms with E-state index >= 15 is 0 Å². The van der Waals surface area contributed by atoms with Gasteiger partial charge in [-0.3, -0.25) is 4.79 Å². The molecule has 1 aliphatic carbocycles. The lowest BCUT2D eigenvalue weighted by atomic mass is 9.82. The normalized spacial score (nSPS) is 31.7. The van der Waals surface area contributed by atoms with Crippen molar-refractivity contribution in [3.8, 4) is 0 Å². The molecular formula is C8H14O3. The predicted molar refractivity (Wildman–Crippen MR) is 40.2 cm³/mol. The van der Waals surface area contributed by atoms with E-state index < -0.39 is 5.97 Å². The smallest absolute Gasteiger partial charge is 0.306 e. The van der Waals surface area contributed by atoms with Gasteiger partial charge < -0.3 is 10.2 Å². The minimum absolute atomic E-state index is 0.143. The van der Waals surface area contributed by atoms with Crippen molar-refractivity contribution in [1.82, 2.24) is 0 Å². The van der Waals surface area contributed by atoms with Crippen LogP contribution in [0.2, 0.25) is 0 Å². The van der Waals surface area contributed by atoms with E-state index in [2.05, 4.69) is 0 Å². The summed E-state index contributed by atoms with van der Waals surface area (Å²) in [6.07, 6.45) is 3.38. The summed E-state index contributed by atoms with van der Waals surface area (Å²) in [7, 11) is 0. The molecule has 1 unspecified atom stereocenters. The first-order chi connectivity index (χ1) is 5.24. The lowest BCUT2D eigenvalue weighted by Gasteiger charge is -2.24. The van der Waals surface area contributed by atoms with E-state index in [9.17, 15) is 4.79 Å². The van der Waals surface area contributed by atoms with Crippen LogP contribution in [0, 0.1) is 11.8 Å². The molecule has 1 aliphatic rings. The Bertz CT molecular complexity index is 144. The standard InChI is InChI=1S/C8H14O3/c9-5-6-2-1-3-7(4-6)8(10)11/h6-7,9H,1-5H2,(H,10,11)/t6?,7-/m0/s1. The highest BCUT2D eigenvalue weighted by molar-refractivity contribution is 5.70. The summed E-state index contributed by atoms with van der Waals surface area (Å²) in [6, 6.07) is 0. The molecule has 0 radical (unpaired) electrons. The van der Waals surface area contributed by atoms with Crippen molar-refractivity contribution in [2.45, 2.75) is 25.7 Å². The van der Waals surface area contributed by atoms with Gasteiger partial charge in [-0.1, -0.05) is 6.42 Å². The fraction of sp³-hybridized carbons (Fsp3) is 0.875. The van der Waals surface area contributed by atoms with Crippen LogP contribution in [0.5, 0.6) is 0 Å². The van der Waals surface area contributed by atoms with E-state index in [0.717, 1.165) is 19.3 Å². The van der Waals surface area contributed by atoms with Crippen LogP contribution >= 0.6 is 0 Å². The fourth-order valence-corrected chi connectivity index (χ4v) is 1.68. The second kappa shape index (κ2) is 3.72. The first kappa shape index (κ1) is 8.53. The number of carboxylic acid groups (broad SMARTS) is 1. The van der Waals surface area contributed by atoms with Crippen molar-refractivity contribution in [3.05, 3.63) is 0 Å². The Kier molecular flexibility index (Phi) is 2.88. The van der Waals surface area contributed by atoms with Gasteiger partial charge in [0.25, 0.3) is 0 Å². The molecule has 0 amide bonds. The fourth-order valence-electron chi connectivity index (χ4n) is 1.68.